The summed E-state index contributed by atoms with van der Waals surface area (Å²) in [7, 11) is 1.71. The van der Waals surface area contributed by atoms with Crippen molar-refractivity contribution in [1.29, 1.82) is 0 Å². The molecule has 0 N–H and O–H groups in total. The summed E-state index contributed by atoms with van der Waals surface area (Å²) in [5.41, 5.74) is 3.73. The Kier molecular flexibility index (Phi) is 4.68. The Labute approximate surface area is 136 Å². The zero-order valence-electron chi connectivity index (χ0n) is 12.6. The zero-order chi connectivity index (χ0) is 15.4. The number of fused-ring (bicyclic) bond motifs is 1. The molecule has 0 amide bonds. The van der Waals surface area contributed by atoms with Crippen LogP contribution in [0, 0.1) is 11.8 Å². The summed E-state index contributed by atoms with van der Waals surface area (Å²) < 4.78 is 5.28. The monoisotopic (exact) mass is 311 g/mol. The smallest absolute Gasteiger partial charge is 0.119 e. The van der Waals surface area contributed by atoms with Gasteiger partial charge in [0.05, 0.1) is 13.7 Å². The molecule has 1 heterocycles. The van der Waals surface area contributed by atoms with Crippen molar-refractivity contribution in [2.75, 3.05) is 20.2 Å². The van der Waals surface area contributed by atoms with E-state index in [2.05, 4.69) is 28.9 Å². The number of benzene rings is 2. The molecule has 0 aliphatic carbocycles. The fraction of sp³-hybridized carbons (Fsp3) is 0.263. The Hall–Kier alpha value is -1.95. The lowest BCUT2D eigenvalue weighted by molar-refractivity contribution is 0.285. The van der Waals surface area contributed by atoms with E-state index in [0.717, 1.165) is 42.4 Å². The van der Waals surface area contributed by atoms with E-state index in [-0.39, 0.29) is 0 Å². The number of ether oxygens (including phenoxy) is 1. The second-order valence-corrected chi connectivity index (χ2v) is 5.84. The van der Waals surface area contributed by atoms with Crippen molar-refractivity contribution in [1.82, 2.24) is 4.90 Å². The van der Waals surface area contributed by atoms with E-state index in [1.165, 1.54) is 11.1 Å². The number of methoxy groups -OCH3 is 1. The maximum Gasteiger partial charge on any atom is 0.119 e. The maximum absolute atomic E-state index is 5.96. The molecular weight excluding hydrogens is 294 g/mol. The molecule has 3 rings (SSSR count). The lowest BCUT2D eigenvalue weighted by Gasteiger charge is -2.27. The zero-order valence-corrected chi connectivity index (χ0v) is 13.4. The minimum atomic E-state index is 0.729. The molecule has 2 aromatic carbocycles. The third-order valence-electron chi connectivity index (χ3n) is 3.86. The summed E-state index contributed by atoms with van der Waals surface area (Å²) in [6.07, 6.45) is 1.05. The van der Waals surface area contributed by atoms with Gasteiger partial charge in [-0.05, 0) is 47.9 Å². The first kappa shape index (κ1) is 15.0. The summed E-state index contributed by atoms with van der Waals surface area (Å²) in [6, 6.07) is 14.0. The molecule has 1 aliphatic heterocycles. The van der Waals surface area contributed by atoms with E-state index >= 15 is 0 Å². The van der Waals surface area contributed by atoms with Crippen LogP contribution in [-0.4, -0.2) is 25.1 Å². The van der Waals surface area contributed by atoms with Gasteiger partial charge in [0.15, 0.2) is 0 Å². The van der Waals surface area contributed by atoms with E-state index in [4.69, 9.17) is 16.3 Å². The van der Waals surface area contributed by atoms with Crippen LogP contribution >= 0.6 is 11.6 Å². The van der Waals surface area contributed by atoms with Crippen molar-refractivity contribution in [2.45, 2.75) is 13.0 Å². The van der Waals surface area contributed by atoms with E-state index in [1.54, 1.807) is 7.11 Å². The highest BCUT2D eigenvalue weighted by molar-refractivity contribution is 6.30. The molecule has 2 aromatic rings. The van der Waals surface area contributed by atoms with Gasteiger partial charge in [0, 0.05) is 23.7 Å². The van der Waals surface area contributed by atoms with E-state index in [1.807, 2.05) is 30.3 Å². The van der Waals surface area contributed by atoms with Crippen molar-refractivity contribution in [2.24, 2.45) is 0 Å². The Morgan fingerprint density at radius 1 is 1.18 bits per heavy atom. The van der Waals surface area contributed by atoms with Gasteiger partial charge in [-0.25, -0.2) is 0 Å². The minimum absolute atomic E-state index is 0.729. The molecule has 1 aliphatic rings. The van der Waals surface area contributed by atoms with Crippen LogP contribution in [0.2, 0.25) is 5.02 Å². The van der Waals surface area contributed by atoms with Gasteiger partial charge < -0.3 is 4.74 Å². The standard InChI is InChI=1S/C19H18ClNO/c1-22-19-8-7-17-14-21(11-9-16(17)13-19)10-3-5-15-4-2-6-18(20)12-15/h2,4,6-8,12-13H,9-11,14H2,1H3. The van der Waals surface area contributed by atoms with Crippen LogP contribution in [0.3, 0.4) is 0 Å². The van der Waals surface area contributed by atoms with Gasteiger partial charge in [-0.2, -0.15) is 0 Å². The van der Waals surface area contributed by atoms with Gasteiger partial charge in [-0.3, -0.25) is 4.90 Å². The lowest BCUT2D eigenvalue weighted by atomic mass is 9.99. The predicted octanol–water partition coefficient (Wildman–Crippen LogP) is 3.76. The summed E-state index contributed by atoms with van der Waals surface area (Å²) >= 11 is 5.96. The molecular formula is C19H18ClNO. The van der Waals surface area contributed by atoms with Gasteiger partial charge in [0.2, 0.25) is 0 Å². The van der Waals surface area contributed by atoms with Crippen LogP contribution in [0.1, 0.15) is 16.7 Å². The fourth-order valence-corrected chi connectivity index (χ4v) is 2.86. The molecule has 22 heavy (non-hydrogen) atoms. The molecule has 0 spiro atoms. The van der Waals surface area contributed by atoms with Gasteiger partial charge in [-0.1, -0.05) is 35.6 Å². The first-order chi connectivity index (χ1) is 10.7. The summed E-state index contributed by atoms with van der Waals surface area (Å²) in [5.74, 6) is 7.36. The maximum atomic E-state index is 5.96. The second-order valence-electron chi connectivity index (χ2n) is 5.41. The first-order valence-electron chi connectivity index (χ1n) is 7.37. The minimum Gasteiger partial charge on any atom is -0.497 e. The first-order valence-corrected chi connectivity index (χ1v) is 7.75. The topological polar surface area (TPSA) is 12.5 Å². The van der Waals surface area contributed by atoms with Gasteiger partial charge in [0.25, 0.3) is 0 Å². The molecule has 112 valence electrons. The van der Waals surface area contributed by atoms with Crippen LogP contribution in [-0.2, 0) is 13.0 Å². The number of rotatable bonds is 2. The summed E-state index contributed by atoms with van der Waals surface area (Å²) in [6.45, 7) is 2.76. The Morgan fingerprint density at radius 3 is 2.91 bits per heavy atom. The molecule has 0 radical (unpaired) electrons. The van der Waals surface area contributed by atoms with Gasteiger partial charge in [-0.15, -0.1) is 0 Å². The molecule has 0 bridgehead atoms. The van der Waals surface area contributed by atoms with Crippen LogP contribution in [0.5, 0.6) is 5.75 Å². The van der Waals surface area contributed by atoms with Gasteiger partial charge in [0.1, 0.15) is 5.75 Å². The highest BCUT2D eigenvalue weighted by Crippen LogP contribution is 2.23. The normalized spacial score (nSPS) is 13.9. The molecule has 0 aromatic heterocycles. The SMILES string of the molecule is COc1ccc2c(c1)CCN(CC#Cc1cccc(Cl)c1)C2. The van der Waals surface area contributed by atoms with Crippen molar-refractivity contribution in [3.05, 3.63) is 64.2 Å². The van der Waals surface area contributed by atoms with E-state index < -0.39 is 0 Å². The van der Waals surface area contributed by atoms with Crippen molar-refractivity contribution < 1.29 is 4.74 Å². The number of hydrogen-bond donors (Lipinski definition) is 0. The molecule has 3 heteroatoms. The highest BCUT2D eigenvalue weighted by atomic mass is 35.5. The van der Waals surface area contributed by atoms with Crippen LogP contribution in [0.4, 0.5) is 0 Å². The van der Waals surface area contributed by atoms with Crippen molar-refractivity contribution in [3.63, 3.8) is 0 Å². The average Bonchev–Trinajstić information content (AvgIpc) is 2.54. The van der Waals surface area contributed by atoms with E-state index in [0.29, 0.717) is 0 Å². The summed E-state index contributed by atoms with van der Waals surface area (Å²) in [5, 5.41) is 0.729. The fourth-order valence-electron chi connectivity index (χ4n) is 2.67. The quantitative estimate of drug-likeness (QED) is 0.783. The van der Waals surface area contributed by atoms with Crippen molar-refractivity contribution >= 4 is 11.6 Å². The van der Waals surface area contributed by atoms with Crippen LogP contribution in [0.25, 0.3) is 0 Å². The Morgan fingerprint density at radius 2 is 2.09 bits per heavy atom. The second kappa shape index (κ2) is 6.87. The molecule has 0 fully saturated rings. The van der Waals surface area contributed by atoms with Crippen LogP contribution in [0.15, 0.2) is 42.5 Å². The number of hydrogen-bond acceptors (Lipinski definition) is 2. The number of nitrogens with zero attached hydrogens (tertiary/aromatic N) is 1. The molecule has 0 saturated carbocycles. The van der Waals surface area contributed by atoms with E-state index in [9.17, 15) is 0 Å². The molecule has 0 atom stereocenters. The Balaban J connectivity index is 1.64. The summed E-state index contributed by atoms with van der Waals surface area (Å²) in [4.78, 5) is 2.37. The third-order valence-corrected chi connectivity index (χ3v) is 4.10. The molecule has 0 unspecified atom stereocenters. The van der Waals surface area contributed by atoms with Crippen LogP contribution < -0.4 is 4.74 Å². The van der Waals surface area contributed by atoms with Gasteiger partial charge >= 0.3 is 0 Å². The number of halogens is 1. The molecule has 0 saturated heterocycles. The average molecular weight is 312 g/mol. The highest BCUT2D eigenvalue weighted by Gasteiger charge is 2.15. The third kappa shape index (κ3) is 3.62. The lowest BCUT2D eigenvalue weighted by Crippen LogP contribution is -2.30. The predicted molar refractivity (Wildman–Crippen MR) is 90.3 cm³/mol. The Bertz CT molecular complexity index is 730. The van der Waals surface area contributed by atoms with Crippen molar-refractivity contribution in [3.8, 4) is 17.6 Å². The molecule has 2 nitrogen and oxygen atoms in total. The largest absolute Gasteiger partial charge is 0.497 e.